The van der Waals surface area contributed by atoms with Crippen LogP contribution in [0.4, 0.5) is 5.69 Å². The Kier molecular flexibility index (Phi) is 2.88. The summed E-state index contributed by atoms with van der Waals surface area (Å²) in [6.07, 6.45) is 2.47. The van der Waals surface area contributed by atoms with Gasteiger partial charge in [0.25, 0.3) is 0 Å². The Morgan fingerprint density at radius 1 is 1.33 bits per heavy atom. The van der Waals surface area contributed by atoms with Crippen LogP contribution < -0.4 is 4.90 Å². The molecule has 1 aromatic heterocycles. The van der Waals surface area contributed by atoms with Gasteiger partial charge in [-0.05, 0) is 18.4 Å². The molecular weight excluding hydrogens is 226 g/mol. The molecule has 94 valence electrons. The van der Waals surface area contributed by atoms with E-state index in [0.717, 1.165) is 36.1 Å². The molecule has 0 spiro atoms. The number of benzene rings is 1. The van der Waals surface area contributed by atoms with E-state index in [4.69, 9.17) is 0 Å². The van der Waals surface area contributed by atoms with E-state index in [1.54, 1.807) is 0 Å². The Balaban J connectivity index is 1.99. The Morgan fingerprint density at radius 2 is 2.17 bits per heavy atom. The van der Waals surface area contributed by atoms with Gasteiger partial charge < -0.3 is 10.0 Å². The molecule has 1 aliphatic rings. The van der Waals surface area contributed by atoms with Gasteiger partial charge in [-0.1, -0.05) is 25.1 Å². The zero-order valence-electron chi connectivity index (χ0n) is 10.5. The first kappa shape index (κ1) is 11.4. The second-order valence-electron chi connectivity index (χ2n) is 5.03. The van der Waals surface area contributed by atoms with E-state index in [0.29, 0.717) is 5.92 Å². The van der Waals surface area contributed by atoms with Gasteiger partial charge in [0.1, 0.15) is 0 Å². The van der Waals surface area contributed by atoms with Crippen molar-refractivity contribution in [2.45, 2.75) is 19.4 Å². The van der Waals surface area contributed by atoms with Crippen LogP contribution in [-0.2, 0) is 0 Å². The molecule has 2 unspecified atom stereocenters. The first-order chi connectivity index (χ1) is 8.75. The normalized spacial score (nSPS) is 24.4. The molecule has 1 aromatic carbocycles. The highest BCUT2D eigenvalue weighted by Gasteiger charge is 2.25. The molecule has 18 heavy (non-hydrogen) atoms. The minimum atomic E-state index is -0.178. The summed E-state index contributed by atoms with van der Waals surface area (Å²) in [5, 5.41) is 19.2. The number of piperidine rings is 1. The van der Waals surface area contributed by atoms with Crippen LogP contribution >= 0.6 is 0 Å². The molecule has 4 nitrogen and oxygen atoms in total. The molecule has 0 bridgehead atoms. The van der Waals surface area contributed by atoms with Crippen LogP contribution in [0.25, 0.3) is 10.9 Å². The highest BCUT2D eigenvalue weighted by molar-refractivity contribution is 5.90. The van der Waals surface area contributed by atoms with Crippen LogP contribution in [0.1, 0.15) is 13.3 Å². The molecule has 3 rings (SSSR count). The fraction of sp³-hybridized carbons (Fsp3) is 0.429. The van der Waals surface area contributed by atoms with Crippen molar-refractivity contribution in [1.29, 1.82) is 0 Å². The topological polar surface area (TPSA) is 49.2 Å². The Morgan fingerprint density at radius 3 is 3.00 bits per heavy atom. The second-order valence-corrected chi connectivity index (χ2v) is 5.03. The van der Waals surface area contributed by atoms with E-state index < -0.39 is 0 Å². The Hall–Kier alpha value is -1.68. The maximum Gasteiger partial charge on any atom is 0.0950 e. The quantitative estimate of drug-likeness (QED) is 0.830. The van der Waals surface area contributed by atoms with Gasteiger partial charge in [-0.3, -0.25) is 0 Å². The minimum Gasteiger partial charge on any atom is -0.393 e. The predicted octanol–water partition coefficient (Wildman–Crippen LogP) is 1.84. The van der Waals surface area contributed by atoms with E-state index in [1.807, 2.05) is 24.4 Å². The maximum atomic E-state index is 9.80. The maximum absolute atomic E-state index is 9.80. The molecule has 2 heterocycles. The Labute approximate surface area is 106 Å². The number of hydrogen-bond donors (Lipinski definition) is 1. The van der Waals surface area contributed by atoms with Crippen molar-refractivity contribution in [3.63, 3.8) is 0 Å². The summed E-state index contributed by atoms with van der Waals surface area (Å²) in [4.78, 5) is 2.30. The summed E-state index contributed by atoms with van der Waals surface area (Å²) in [5.41, 5.74) is 2.05. The lowest BCUT2D eigenvalue weighted by atomic mass is 9.96. The van der Waals surface area contributed by atoms with Crippen molar-refractivity contribution in [2.75, 3.05) is 18.0 Å². The van der Waals surface area contributed by atoms with Gasteiger partial charge in [0.15, 0.2) is 0 Å². The van der Waals surface area contributed by atoms with E-state index in [9.17, 15) is 5.11 Å². The average molecular weight is 243 g/mol. The molecule has 0 aliphatic carbocycles. The monoisotopic (exact) mass is 243 g/mol. The molecule has 1 aliphatic heterocycles. The minimum absolute atomic E-state index is 0.178. The van der Waals surface area contributed by atoms with Crippen molar-refractivity contribution in [1.82, 2.24) is 10.2 Å². The van der Waals surface area contributed by atoms with Crippen molar-refractivity contribution in [2.24, 2.45) is 5.92 Å². The lowest BCUT2D eigenvalue weighted by molar-refractivity contribution is 0.0971. The number of aliphatic hydroxyl groups is 1. The molecule has 0 saturated carbocycles. The molecule has 4 heteroatoms. The second kappa shape index (κ2) is 4.53. The van der Waals surface area contributed by atoms with Gasteiger partial charge in [0, 0.05) is 18.5 Å². The smallest absolute Gasteiger partial charge is 0.0950 e. The number of nitrogens with zero attached hydrogens (tertiary/aromatic N) is 3. The molecule has 2 atom stereocenters. The zero-order valence-corrected chi connectivity index (χ0v) is 10.5. The standard InChI is InChI=1S/C14H17N3O/c1-10-9-17(7-6-14(10)18)13-8-15-16-12-5-3-2-4-11(12)13/h2-5,8,10,14,18H,6-7,9H2,1H3. The summed E-state index contributed by atoms with van der Waals surface area (Å²) in [7, 11) is 0. The summed E-state index contributed by atoms with van der Waals surface area (Å²) < 4.78 is 0. The first-order valence-corrected chi connectivity index (χ1v) is 6.39. The van der Waals surface area contributed by atoms with Crippen LogP contribution in [0, 0.1) is 5.92 Å². The van der Waals surface area contributed by atoms with Gasteiger partial charge in [-0.25, -0.2) is 0 Å². The first-order valence-electron chi connectivity index (χ1n) is 6.39. The van der Waals surface area contributed by atoms with Crippen LogP contribution in [0.15, 0.2) is 30.5 Å². The third-order valence-electron chi connectivity index (χ3n) is 3.73. The van der Waals surface area contributed by atoms with Crippen molar-refractivity contribution >= 4 is 16.6 Å². The summed E-state index contributed by atoms with van der Waals surface area (Å²) >= 11 is 0. The van der Waals surface area contributed by atoms with Crippen molar-refractivity contribution in [3.8, 4) is 0 Å². The van der Waals surface area contributed by atoms with E-state index in [1.165, 1.54) is 0 Å². The molecule has 0 radical (unpaired) electrons. The summed E-state index contributed by atoms with van der Waals surface area (Å²) in [6, 6.07) is 8.06. The van der Waals surface area contributed by atoms with Crippen LogP contribution in [0.3, 0.4) is 0 Å². The number of anilines is 1. The Bertz CT molecular complexity index is 552. The molecule has 1 fully saturated rings. The predicted molar refractivity (Wildman–Crippen MR) is 71.5 cm³/mol. The third kappa shape index (κ3) is 1.93. The highest BCUT2D eigenvalue weighted by atomic mass is 16.3. The van der Waals surface area contributed by atoms with Gasteiger partial charge >= 0.3 is 0 Å². The van der Waals surface area contributed by atoms with Gasteiger partial charge in [-0.2, -0.15) is 10.2 Å². The lowest BCUT2D eigenvalue weighted by Crippen LogP contribution is -2.42. The number of aromatic nitrogens is 2. The molecular formula is C14H17N3O. The molecule has 2 aromatic rings. The lowest BCUT2D eigenvalue weighted by Gasteiger charge is -2.36. The number of rotatable bonds is 1. The van der Waals surface area contributed by atoms with E-state index in [2.05, 4.69) is 28.1 Å². The van der Waals surface area contributed by atoms with E-state index >= 15 is 0 Å². The summed E-state index contributed by atoms with van der Waals surface area (Å²) in [6.45, 7) is 3.84. The molecule has 1 N–H and O–H groups in total. The molecule has 0 amide bonds. The SMILES string of the molecule is CC1CN(c2cnnc3ccccc23)CCC1O. The van der Waals surface area contributed by atoms with Gasteiger partial charge in [0.05, 0.1) is 23.5 Å². The van der Waals surface area contributed by atoms with Crippen LogP contribution in [0.5, 0.6) is 0 Å². The number of aliphatic hydroxyl groups excluding tert-OH is 1. The zero-order chi connectivity index (χ0) is 12.5. The average Bonchev–Trinajstić information content (AvgIpc) is 2.41. The largest absolute Gasteiger partial charge is 0.393 e. The third-order valence-corrected chi connectivity index (χ3v) is 3.73. The van der Waals surface area contributed by atoms with Crippen molar-refractivity contribution < 1.29 is 5.11 Å². The van der Waals surface area contributed by atoms with Gasteiger partial charge in [0.2, 0.25) is 0 Å². The van der Waals surface area contributed by atoms with Gasteiger partial charge in [-0.15, -0.1) is 0 Å². The van der Waals surface area contributed by atoms with Crippen LogP contribution in [0.2, 0.25) is 0 Å². The fourth-order valence-electron chi connectivity index (χ4n) is 2.60. The van der Waals surface area contributed by atoms with E-state index in [-0.39, 0.29) is 6.10 Å². The number of fused-ring (bicyclic) bond motifs is 1. The summed E-state index contributed by atoms with van der Waals surface area (Å²) in [5.74, 6) is 0.297. The highest BCUT2D eigenvalue weighted by Crippen LogP contribution is 2.28. The number of hydrogen-bond acceptors (Lipinski definition) is 4. The fourth-order valence-corrected chi connectivity index (χ4v) is 2.60. The van der Waals surface area contributed by atoms with Crippen molar-refractivity contribution in [3.05, 3.63) is 30.5 Å². The molecule has 1 saturated heterocycles. The van der Waals surface area contributed by atoms with Crippen LogP contribution in [-0.4, -0.2) is 34.5 Å².